The van der Waals surface area contributed by atoms with E-state index in [1.165, 1.54) is 19.3 Å². The molecule has 2 rings (SSSR count). The van der Waals surface area contributed by atoms with Crippen LogP contribution in [0.4, 0.5) is 0 Å². The summed E-state index contributed by atoms with van der Waals surface area (Å²) in [4.78, 5) is 14.8. The van der Waals surface area contributed by atoms with E-state index in [0.717, 1.165) is 39.1 Å². The molecule has 1 aliphatic carbocycles. The standard InChI is InChI=1S/C14H25NO2/c1-3-14(2,15-7-9-17-10-8-15)13(16)11-12-5-4-6-12/h12H,3-11H2,1-2H3. The number of nitrogens with zero attached hydrogens (tertiary/aromatic N) is 1. The van der Waals surface area contributed by atoms with E-state index in [1.54, 1.807) is 0 Å². The maximum Gasteiger partial charge on any atom is 0.153 e. The second kappa shape index (κ2) is 5.49. The number of ketones is 1. The highest BCUT2D eigenvalue weighted by Crippen LogP contribution is 2.33. The molecule has 2 aliphatic rings. The van der Waals surface area contributed by atoms with E-state index < -0.39 is 0 Å². The lowest BCUT2D eigenvalue weighted by atomic mass is 9.77. The van der Waals surface area contributed by atoms with Crippen LogP contribution >= 0.6 is 0 Å². The van der Waals surface area contributed by atoms with Crippen LogP contribution in [0.5, 0.6) is 0 Å². The molecule has 1 saturated heterocycles. The van der Waals surface area contributed by atoms with Crippen molar-refractivity contribution in [3.05, 3.63) is 0 Å². The van der Waals surface area contributed by atoms with Crippen molar-refractivity contribution in [3.63, 3.8) is 0 Å². The molecule has 0 bridgehead atoms. The largest absolute Gasteiger partial charge is 0.379 e. The Morgan fingerprint density at radius 3 is 2.47 bits per heavy atom. The molecule has 0 aromatic rings. The van der Waals surface area contributed by atoms with Gasteiger partial charge < -0.3 is 4.74 Å². The van der Waals surface area contributed by atoms with Gasteiger partial charge in [-0.3, -0.25) is 9.69 Å². The summed E-state index contributed by atoms with van der Waals surface area (Å²) >= 11 is 0. The van der Waals surface area contributed by atoms with Crippen LogP contribution in [0.2, 0.25) is 0 Å². The average molecular weight is 239 g/mol. The molecule has 3 heteroatoms. The van der Waals surface area contributed by atoms with Crippen molar-refractivity contribution in [2.24, 2.45) is 5.92 Å². The van der Waals surface area contributed by atoms with Gasteiger partial charge in [-0.05, 0) is 19.3 Å². The Bertz CT molecular complexity index is 269. The Balaban J connectivity index is 1.97. The summed E-state index contributed by atoms with van der Waals surface area (Å²) in [7, 11) is 0. The summed E-state index contributed by atoms with van der Waals surface area (Å²) in [5.41, 5.74) is -0.251. The van der Waals surface area contributed by atoms with Crippen LogP contribution in [-0.4, -0.2) is 42.5 Å². The molecule has 0 N–H and O–H groups in total. The number of Topliss-reactive ketones (excluding diaryl/α,β-unsaturated/α-hetero) is 1. The van der Waals surface area contributed by atoms with E-state index in [9.17, 15) is 4.79 Å². The lowest BCUT2D eigenvalue weighted by Gasteiger charge is -2.42. The second-order valence-electron chi connectivity index (χ2n) is 5.65. The third-order valence-electron chi connectivity index (χ3n) is 4.70. The van der Waals surface area contributed by atoms with Crippen molar-refractivity contribution in [3.8, 4) is 0 Å². The molecule has 1 heterocycles. The predicted molar refractivity (Wildman–Crippen MR) is 68.1 cm³/mol. The first-order chi connectivity index (χ1) is 8.16. The lowest BCUT2D eigenvalue weighted by Crippen LogP contribution is -2.56. The van der Waals surface area contributed by atoms with E-state index in [4.69, 9.17) is 4.74 Å². The van der Waals surface area contributed by atoms with Crippen LogP contribution in [-0.2, 0) is 9.53 Å². The van der Waals surface area contributed by atoms with Gasteiger partial charge in [0.2, 0.25) is 0 Å². The van der Waals surface area contributed by atoms with Crippen molar-refractivity contribution < 1.29 is 9.53 Å². The number of morpholine rings is 1. The highest BCUT2D eigenvalue weighted by atomic mass is 16.5. The van der Waals surface area contributed by atoms with E-state index in [1.807, 2.05) is 0 Å². The predicted octanol–water partition coefficient (Wildman–Crippen LogP) is 2.25. The van der Waals surface area contributed by atoms with Crippen LogP contribution in [0.1, 0.15) is 46.0 Å². The van der Waals surface area contributed by atoms with Gasteiger partial charge in [-0.15, -0.1) is 0 Å². The van der Waals surface area contributed by atoms with Crippen molar-refractivity contribution in [2.75, 3.05) is 26.3 Å². The van der Waals surface area contributed by atoms with Crippen molar-refractivity contribution in [2.45, 2.75) is 51.5 Å². The molecular weight excluding hydrogens is 214 g/mol. The van der Waals surface area contributed by atoms with Gasteiger partial charge in [0.25, 0.3) is 0 Å². The maximum atomic E-state index is 12.5. The first-order valence-electron chi connectivity index (χ1n) is 7.03. The van der Waals surface area contributed by atoms with E-state index in [2.05, 4.69) is 18.7 Å². The number of carbonyl (C=O) groups excluding carboxylic acids is 1. The molecular formula is C14H25NO2. The van der Waals surface area contributed by atoms with Crippen LogP contribution in [0.3, 0.4) is 0 Å². The number of hydrogen-bond acceptors (Lipinski definition) is 3. The highest BCUT2D eigenvalue weighted by molar-refractivity contribution is 5.88. The molecule has 1 saturated carbocycles. The molecule has 0 aromatic carbocycles. The minimum absolute atomic E-state index is 0.251. The van der Waals surface area contributed by atoms with Gasteiger partial charge in [-0.2, -0.15) is 0 Å². The maximum absolute atomic E-state index is 12.5. The Hall–Kier alpha value is -0.410. The van der Waals surface area contributed by atoms with Crippen LogP contribution in [0.15, 0.2) is 0 Å². The Kier molecular flexibility index (Phi) is 4.21. The minimum Gasteiger partial charge on any atom is -0.379 e. The van der Waals surface area contributed by atoms with Crippen molar-refractivity contribution >= 4 is 5.78 Å². The zero-order chi connectivity index (χ0) is 12.3. The van der Waals surface area contributed by atoms with Crippen LogP contribution < -0.4 is 0 Å². The Labute approximate surface area is 105 Å². The molecule has 1 atom stereocenters. The van der Waals surface area contributed by atoms with Gasteiger partial charge >= 0.3 is 0 Å². The van der Waals surface area contributed by atoms with Crippen molar-refractivity contribution in [1.82, 2.24) is 4.90 Å². The quantitative estimate of drug-likeness (QED) is 0.737. The van der Waals surface area contributed by atoms with E-state index in [-0.39, 0.29) is 5.54 Å². The molecule has 0 spiro atoms. The Morgan fingerprint density at radius 1 is 1.35 bits per heavy atom. The zero-order valence-electron chi connectivity index (χ0n) is 11.2. The number of hydrogen-bond donors (Lipinski definition) is 0. The van der Waals surface area contributed by atoms with Gasteiger partial charge in [0.15, 0.2) is 5.78 Å². The van der Waals surface area contributed by atoms with E-state index >= 15 is 0 Å². The first-order valence-corrected chi connectivity index (χ1v) is 7.03. The smallest absolute Gasteiger partial charge is 0.153 e. The molecule has 1 unspecified atom stereocenters. The lowest BCUT2D eigenvalue weighted by molar-refractivity contribution is -0.135. The average Bonchev–Trinajstić information content (AvgIpc) is 2.33. The number of ether oxygens (including phenoxy) is 1. The molecule has 2 fully saturated rings. The number of carbonyl (C=O) groups is 1. The third-order valence-corrected chi connectivity index (χ3v) is 4.70. The zero-order valence-corrected chi connectivity index (χ0v) is 11.2. The summed E-state index contributed by atoms with van der Waals surface area (Å²) in [5, 5.41) is 0. The fraction of sp³-hybridized carbons (Fsp3) is 0.929. The van der Waals surface area contributed by atoms with Gasteiger partial charge in [-0.25, -0.2) is 0 Å². The summed E-state index contributed by atoms with van der Waals surface area (Å²) in [5.74, 6) is 1.13. The van der Waals surface area contributed by atoms with Crippen LogP contribution in [0.25, 0.3) is 0 Å². The van der Waals surface area contributed by atoms with Crippen LogP contribution in [0, 0.1) is 5.92 Å². The first kappa shape index (κ1) is 13.0. The molecule has 0 aromatic heterocycles. The number of rotatable bonds is 5. The van der Waals surface area contributed by atoms with Gasteiger partial charge in [0.05, 0.1) is 18.8 Å². The summed E-state index contributed by atoms with van der Waals surface area (Å²) in [6.07, 6.45) is 5.54. The third kappa shape index (κ3) is 2.71. The topological polar surface area (TPSA) is 29.5 Å². The fourth-order valence-corrected chi connectivity index (χ4v) is 2.83. The highest BCUT2D eigenvalue weighted by Gasteiger charge is 2.39. The minimum atomic E-state index is -0.251. The van der Waals surface area contributed by atoms with Gasteiger partial charge in [0.1, 0.15) is 0 Å². The normalized spacial score (nSPS) is 26.2. The summed E-state index contributed by atoms with van der Waals surface area (Å²) in [6.45, 7) is 7.60. The molecule has 1 aliphatic heterocycles. The molecule has 3 nitrogen and oxygen atoms in total. The monoisotopic (exact) mass is 239 g/mol. The van der Waals surface area contributed by atoms with Crippen molar-refractivity contribution in [1.29, 1.82) is 0 Å². The summed E-state index contributed by atoms with van der Waals surface area (Å²) < 4.78 is 5.38. The van der Waals surface area contributed by atoms with Gasteiger partial charge in [0, 0.05) is 19.5 Å². The molecule has 0 radical (unpaired) electrons. The molecule has 17 heavy (non-hydrogen) atoms. The molecule has 98 valence electrons. The van der Waals surface area contributed by atoms with E-state index in [0.29, 0.717) is 11.7 Å². The fourth-order valence-electron chi connectivity index (χ4n) is 2.83. The SMILES string of the molecule is CCC(C)(C(=O)CC1CCC1)N1CCOCC1. The Morgan fingerprint density at radius 2 is 2.00 bits per heavy atom. The molecule has 0 amide bonds. The second-order valence-corrected chi connectivity index (χ2v) is 5.65. The van der Waals surface area contributed by atoms with Gasteiger partial charge in [-0.1, -0.05) is 26.2 Å². The summed E-state index contributed by atoms with van der Waals surface area (Å²) in [6, 6.07) is 0.